The molecule has 1 heterocycles. The second kappa shape index (κ2) is 7.48. The van der Waals surface area contributed by atoms with Crippen LogP contribution in [-0.4, -0.2) is 41.6 Å². The number of piperidine rings is 1. The van der Waals surface area contributed by atoms with E-state index in [0.29, 0.717) is 25.9 Å². The molecule has 2 amide bonds. The van der Waals surface area contributed by atoms with Crippen molar-refractivity contribution in [1.82, 2.24) is 10.2 Å². The first-order valence-electron chi connectivity index (χ1n) is 7.82. The van der Waals surface area contributed by atoms with Crippen LogP contribution in [0.4, 0.5) is 4.79 Å². The molecule has 0 aliphatic carbocycles. The van der Waals surface area contributed by atoms with Gasteiger partial charge in [-0.15, -0.1) is 0 Å². The van der Waals surface area contributed by atoms with E-state index in [2.05, 4.69) is 11.4 Å². The maximum absolute atomic E-state index is 12.6. The molecule has 0 bridgehead atoms. The van der Waals surface area contributed by atoms with Crippen LogP contribution in [0.5, 0.6) is 0 Å². The zero-order valence-corrected chi connectivity index (χ0v) is 14.2. The minimum atomic E-state index is -0.603. The maximum atomic E-state index is 12.6. The standard InChI is InChI=1S/C16H27N3O3/c1-11(2)13(18-15(21)22-16(3,4)5)14(20)19-8-6-12(10-17)7-9-19/h11-13H,6-9H2,1-5H3,(H,18,21). The lowest BCUT2D eigenvalue weighted by Crippen LogP contribution is -2.53. The molecule has 1 rings (SSSR count). The molecule has 0 radical (unpaired) electrons. The van der Waals surface area contributed by atoms with Crippen LogP contribution < -0.4 is 5.32 Å². The molecule has 0 aromatic heterocycles. The van der Waals surface area contributed by atoms with E-state index in [4.69, 9.17) is 10.00 Å². The molecule has 1 fully saturated rings. The van der Waals surface area contributed by atoms with Crippen molar-refractivity contribution in [2.45, 2.75) is 59.1 Å². The highest BCUT2D eigenvalue weighted by atomic mass is 16.6. The van der Waals surface area contributed by atoms with Gasteiger partial charge in [0.05, 0.1) is 6.07 Å². The summed E-state index contributed by atoms with van der Waals surface area (Å²) in [6.07, 6.45) is 0.811. The lowest BCUT2D eigenvalue weighted by molar-refractivity contribution is -0.135. The molecular formula is C16H27N3O3. The smallest absolute Gasteiger partial charge is 0.408 e. The second-order valence-corrected chi connectivity index (χ2v) is 7.10. The monoisotopic (exact) mass is 309 g/mol. The molecule has 0 spiro atoms. The summed E-state index contributed by atoms with van der Waals surface area (Å²) in [7, 11) is 0. The Hall–Kier alpha value is -1.77. The fourth-order valence-electron chi connectivity index (χ4n) is 2.37. The Labute approximate surface area is 132 Å². The summed E-state index contributed by atoms with van der Waals surface area (Å²) in [5.74, 6) is -0.105. The average molecular weight is 309 g/mol. The second-order valence-electron chi connectivity index (χ2n) is 7.10. The molecule has 1 saturated heterocycles. The number of amides is 2. The summed E-state index contributed by atoms with van der Waals surface area (Å²) >= 11 is 0. The van der Waals surface area contributed by atoms with Gasteiger partial charge in [0, 0.05) is 19.0 Å². The van der Waals surface area contributed by atoms with Gasteiger partial charge in [0.1, 0.15) is 11.6 Å². The van der Waals surface area contributed by atoms with Gasteiger partial charge in [0.15, 0.2) is 0 Å². The third kappa shape index (κ3) is 5.55. The van der Waals surface area contributed by atoms with E-state index in [1.165, 1.54) is 0 Å². The van der Waals surface area contributed by atoms with Crippen molar-refractivity contribution in [2.75, 3.05) is 13.1 Å². The Morgan fingerprint density at radius 2 is 1.82 bits per heavy atom. The van der Waals surface area contributed by atoms with Crippen LogP contribution in [0, 0.1) is 23.2 Å². The normalized spacial score (nSPS) is 17.8. The van der Waals surface area contributed by atoms with Gasteiger partial charge in [0.25, 0.3) is 0 Å². The quantitative estimate of drug-likeness (QED) is 0.867. The van der Waals surface area contributed by atoms with Crippen LogP contribution in [0.1, 0.15) is 47.5 Å². The number of likely N-dealkylation sites (tertiary alicyclic amines) is 1. The van der Waals surface area contributed by atoms with Crippen LogP contribution >= 0.6 is 0 Å². The van der Waals surface area contributed by atoms with E-state index in [1.807, 2.05) is 13.8 Å². The van der Waals surface area contributed by atoms with Gasteiger partial charge in [-0.3, -0.25) is 4.79 Å². The Morgan fingerprint density at radius 3 is 2.23 bits per heavy atom. The highest BCUT2D eigenvalue weighted by molar-refractivity contribution is 5.86. The van der Waals surface area contributed by atoms with Crippen molar-refractivity contribution in [2.24, 2.45) is 11.8 Å². The van der Waals surface area contributed by atoms with E-state index >= 15 is 0 Å². The number of ether oxygens (including phenoxy) is 1. The number of rotatable bonds is 3. The van der Waals surface area contributed by atoms with Crippen molar-refractivity contribution < 1.29 is 14.3 Å². The largest absolute Gasteiger partial charge is 0.444 e. The maximum Gasteiger partial charge on any atom is 0.408 e. The van der Waals surface area contributed by atoms with Gasteiger partial charge in [0.2, 0.25) is 5.91 Å². The molecule has 1 N–H and O–H groups in total. The Kier molecular flexibility index (Phi) is 6.21. The van der Waals surface area contributed by atoms with E-state index in [1.54, 1.807) is 25.7 Å². The molecule has 1 aliphatic rings. The van der Waals surface area contributed by atoms with Crippen molar-refractivity contribution in [3.63, 3.8) is 0 Å². The zero-order valence-electron chi connectivity index (χ0n) is 14.2. The summed E-state index contributed by atoms with van der Waals surface area (Å²) in [6.45, 7) is 10.3. The SMILES string of the molecule is CC(C)C(NC(=O)OC(C)(C)C)C(=O)N1CCC(C#N)CC1. The molecule has 6 nitrogen and oxygen atoms in total. The summed E-state index contributed by atoms with van der Waals surface area (Å²) in [6, 6.07) is 1.64. The van der Waals surface area contributed by atoms with Crippen LogP contribution in [-0.2, 0) is 9.53 Å². The summed E-state index contributed by atoms with van der Waals surface area (Å²) in [4.78, 5) is 26.3. The number of carbonyl (C=O) groups excluding carboxylic acids is 2. The highest BCUT2D eigenvalue weighted by Gasteiger charge is 2.32. The number of nitrogens with one attached hydrogen (secondary N) is 1. The van der Waals surface area contributed by atoms with E-state index < -0.39 is 17.7 Å². The average Bonchev–Trinajstić information content (AvgIpc) is 2.42. The predicted molar refractivity (Wildman–Crippen MR) is 82.9 cm³/mol. The third-order valence-corrected chi connectivity index (χ3v) is 3.59. The molecule has 1 atom stereocenters. The number of carbonyl (C=O) groups is 2. The van der Waals surface area contributed by atoms with E-state index in [0.717, 1.165) is 0 Å². The molecule has 1 unspecified atom stereocenters. The summed E-state index contributed by atoms with van der Waals surface area (Å²) in [5, 5.41) is 11.6. The summed E-state index contributed by atoms with van der Waals surface area (Å²) < 4.78 is 5.23. The van der Waals surface area contributed by atoms with E-state index in [-0.39, 0.29) is 17.7 Å². The lowest BCUT2D eigenvalue weighted by atomic mass is 9.96. The highest BCUT2D eigenvalue weighted by Crippen LogP contribution is 2.18. The van der Waals surface area contributed by atoms with E-state index in [9.17, 15) is 9.59 Å². The number of nitriles is 1. The molecule has 0 aromatic rings. The fourth-order valence-corrected chi connectivity index (χ4v) is 2.37. The van der Waals surface area contributed by atoms with Gasteiger partial charge in [-0.25, -0.2) is 4.79 Å². The first kappa shape index (κ1) is 18.3. The van der Waals surface area contributed by atoms with Crippen molar-refractivity contribution in [3.8, 4) is 6.07 Å². The Bertz CT molecular complexity index is 441. The van der Waals surface area contributed by atoms with Gasteiger partial charge in [-0.2, -0.15) is 5.26 Å². The third-order valence-electron chi connectivity index (χ3n) is 3.59. The van der Waals surface area contributed by atoms with Gasteiger partial charge in [-0.05, 0) is 39.5 Å². The van der Waals surface area contributed by atoms with Crippen molar-refractivity contribution >= 4 is 12.0 Å². The van der Waals surface area contributed by atoms with Crippen LogP contribution in [0.2, 0.25) is 0 Å². The first-order chi connectivity index (χ1) is 10.1. The number of hydrogen-bond acceptors (Lipinski definition) is 4. The van der Waals surface area contributed by atoms with Crippen LogP contribution in [0.25, 0.3) is 0 Å². The molecule has 22 heavy (non-hydrogen) atoms. The fraction of sp³-hybridized carbons (Fsp3) is 0.812. The van der Waals surface area contributed by atoms with Gasteiger partial charge < -0.3 is 15.0 Å². The summed E-state index contributed by atoms with van der Waals surface area (Å²) in [5.41, 5.74) is -0.597. The number of hydrogen-bond donors (Lipinski definition) is 1. The number of alkyl carbamates (subject to hydrolysis) is 1. The topological polar surface area (TPSA) is 82.4 Å². The first-order valence-corrected chi connectivity index (χ1v) is 7.82. The van der Waals surface area contributed by atoms with Crippen LogP contribution in [0.3, 0.4) is 0 Å². The predicted octanol–water partition coefficient (Wildman–Crippen LogP) is 2.30. The molecule has 0 aromatic carbocycles. The zero-order chi connectivity index (χ0) is 16.9. The molecule has 6 heteroatoms. The minimum absolute atomic E-state index is 0.0281. The van der Waals surface area contributed by atoms with Crippen molar-refractivity contribution in [3.05, 3.63) is 0 Å². The molecular weight excluding hydrogens is 282 g/mol. The Morgan fingerprint density at radius 1 is 1.27 bits per heavy atom. The minimum Gasteiger partial charge on any atom is -0.444 e. The number of nitrogens with zero attached hydrogens (tertiary/aromatic N) is 2. The van der Waals surface area contributed by atoms with Gasteiger partial charge >= 0.3 is 6.09 Å². The van der Waals surface area contributed by atoms with Gasteiger partial charge in [-0.1, -0.05) is 13.8 Å². The van der Waals surface area contributed by atoms with Crippen LogP contribution in [0.15, 0.2) is 0 Å². The Balaban J connectivity index is 2.65. The molecule has 124 valence electrons. The lowest BCUT2D eigenvalue weighted by Gasteiger charge is -2.34. The molecule has 0 saturated carbocycles. The van der Waals surface area contributed by atoms with Crippen molar-refractivity contribution in [1.29, 1.82) is 5.26 Å². The molecule has 1 aliphatic heterocycles.